The number of nitro groups is 1. The van der Waals surface area contributed by atoms with Gasteiger partial charge in [0.05, 0.1) is 10.4 Å². The Morgan fingerprint density at radius 2 is 2.29 bits per heavy atom. The summed E-state index contributed by atoms with van der Waals surface area (Å²) in [6.45, 7) is 1.69. The van der Waals surface area contributed by atoms with Crippen LogP contribution in [-0.4, -0.2) is 15.1 Å². The monoisotopic (exact) mass is 255 g/mol. The van der Waals surface area contributed by atoms with Gasteiger partial charge >= 0.3 is 0 Å². The molecule has 5 nitrogen and oxygen atoms in total. The first-order valence-electron chi connectivity index (χ1n) is 3.88. The van der Waals surface area contributed by atoms with Crippen LogP contribution in [0.5, 0.6) is 0 Å². The minimum Gasteiger partial charge on any atom is -0.270 e. The topological polar surface area (TPSA) is 71.8 Å². The molecule has 0 aliphatic heterocycles. The Morgan fingerprint density at radius 1 is 1.57 bits per heavy atom. The van der Waals surface area contributed by atoms with Crippen LogP contribution in [0, 0.1) is 17.0 Å². The van der Waals surface area contributed by atoms with Gasteiger partial charge in [-0.3, -0.25) is 15.2 Å². The van der Waals surface area contributed by atoms with Gasteiger partial charge in [0.2, 0.25) is 0 Å². The van der Waals surface area contributed by atoms with E-state index in [2.05, 4.69) is 26.1 Å². The molecule has 0 saturated heterocycles. The summed E-state index contributed by atoms with van der Waals surface area (Å²) < 4.78 is 0.663. The van der Waals surface area contributed by atoms with Crippen LogP contribution in [0.4, 0.5) is 5.69 Å². The molecule has 2 aromatic rings. The molecule has 72 valence electrons. The van der Waals surface area contributed by atoms with Crippen molar-refractivity contribution in [2.45, 2.75) is 6.92 Å². The number of aryl methyl sites for hydroxylation is 1. The summed E-state index contributed by atoms with van der Waals surface area (Å²) >= 11 is 3.23. The van der Waals surface area contributed by atoms with E-state index in [0.29, 0.717) is 10.2 Å². The van der Waals surface area contributed by atoms with E-state index < -0.39 is 4.92 Å². The minimum absolute atomic E-state index is 0.111. The Morgan fingerprint density at radius 3 is 2.93 bits per heavy atom. The number of hydrogen-bond donors (Lipinski definition) is 1. The zero-order valence-electron chi connectivity index (χ0n) is 7.24. The fourth-order valence-corrected chi connectivity index (χ4v) is 1.72. The molecule has 0 amide bonds. The maximum atomic E-state index is 10.7. The molecule has 1 aromatic heterocycles. The molecule has 0 aliphatic rings. The van der Waals surface area contributed by atoms with Crippen LogP contribution in [0.15, 0.2) is 16.7 Å². The highest BCUT2D eigenvalue weighted by molar-refractivity contribution is 9.10. The van der Waals surface area contributed by atoms with E-state index in [0.717, 1.165) is 10.9 Å². The number of nitrogens with one attached hydrogen (secondary N) is 1. The molecule has 0 spiro atoms. The third-order valence-corrected chi connectivity index (χ3v) is 2.63. The lowest BCUT2D eigenvalue weighted by Crippen LogP contribution is -1.90. The van der Waals surface area contributed by atoms with Crippen molar-refractivity contribution in [2.24, 2.45) is 0 Å². The smallest absolute Gasteiger partial charge is 0.270 e. The van der Waals surface area contributed by atoms with E-state index in [1.165, 1.54) is 6.07 Å². The second-order valence-corrected chi connectivity index (χ2v) is 3.74. The van der Waals surface area contributed by atoms with Gasteiger partial charge in [-0.2, -0.15) is 5.10 Å². The van der Waals surface area contributed by atoms with E-state index >= 15 is 0 Å². The Balaban J connectivity index is 2.80. The van der Waals surface area contributed by atoms with Crippen LogP contribution in [0.25, 0.3) is 10.9 Å². The highest BCUT2D eigenvalue weighted by atomic mass is 79.9. The molecule has 0 bridgehead atoms. The number of aromatic amines is 1. The number of halogens is 1. The fraction of sp³-hybridized carbons (Fsp3) is 0.125. The summed E-state index contributed by atoms with van der Waals surface area (Å²) in [5, 5.41) is 18.1. The molecule has 0 saturated carbocycles. The van der Waals surface area contributed by atoms with Crippen LogP contribution < -0.4 is 0 Å². The minimum atomic E-state index is -0.395. The third kappa shape index (κ3) is 1.27. The number of nitro benzene ring substituents is 1. The summed E-state index contributed by atoms with van der Waals surface area (Å²) in [4.78, 5) is 10.3. The second-order valence-electron chi connectivity index (χ2n) is 2.95. The predicted molar refractivity (Wildman–Crippen MR) is 55.2 cm³/mol. The Labute approximate surface area is 87.4 Å². The number of nitrogens with zero attached hydrogens (tertiary/aromatic N) is 2. The van der Waals surface area contributed by atoms with Crippen LogP contribution in [0.1, 0.15) is 5.56 Å². The first-order valence-corrected chi connectivity index (χ1v) is 4.67. The molecular weight excluding hydrogens is 250 g/mol. The van der Waals surface area contributed by atoms with Crippen molar-refractivity contribution in [1.82, 2.24) is 10.2 Å². The molecule has 0 radical (unpaired) electrons. The lowest BCUT2D eigenvalue weighted by molar-refractivity contribution is -0.385. The first-order chi connectivity index (χ1) is 6.59. The third-order valence-electron chi connectivity index (χ3n) is 2.02. The van der Waals surface area contributed by atoms with Gasteiger partial charge in [-0.05, 0) is 28.9 Å². The Bertz CT molecular complexity index is 521. The van der Waals surface area contributed by atoms with Crippen LogP contribution >= 0.6 is 15.9 Å². The molecule has 6 heteroatoms. The molecule has 2 rings (SSSR count). The van der Waals surface area contributed by atoms with Crippen molar-refractivity contribution in [3.05, 3.63) is 32.4 Å². The molecule has 1 aromatic carbocycles. The maximum absolute atomic E-state index is 10.7. The zero-order valence-corrected chi connectivity index (χ0v) is 8.83. The van der Waals surface area contributed by atoms with E-state index in [9.17, 15) is 10.1 Å². The van der Waals surface area contributed by atoms with Gasteiger partial charge in [0.1, 0.15) is 4.60 Å². The SMILES string of the molecule is Cc1cc2n[nH]c(Br)c2cc1[N+](=O)[O-]. The number of fused-ring (bicyclic) bond motifs is 1. The maximum Gasteiger partial charge on any atom is 0.273 e. The van der Waals surface area contributed by atoms with E-state index in [4.69, 9.17) is 0 Å². The van der Waals surface area contributed by atoms with Crippen LogP contribution in [0.3, 0.4) is 0 Å². The van der Waals surface area contributed by atoms with Gasteiger partial charge in [0.25, 0.3) is 5.69 Å². The highest BCUT2D eigenvalue weighted by Gasteiger charge is 2.14. The average molecular weight is 256 g/mol. The van der Waals surface area contributed by atoms with E-state index in [-0.39, 0.29) is 5.69 Å². The number of rotatable bonds is 1. The van der Waals surface area contributed by atoms with Crippen molar-refractivity contribution in [3.63, 3.8) is 0 Å². The molecule has 1 N–H and O–H groups in total. The average Bonchev–Trinajstić information content (AvgIpc) is 2.46. The van der Waals surface area contributed by atoms with Crippen molar-refractivity contribution in [2.75, 3.05) is 0 Å². The highest BCUT2D eigenvalue weighted by Crippen LogP contribution is 2.28. The lowest BCUT2D eigenvalue weighted by atomic mass is 10.1. The molecule has 14 heavy (non-hydrogen) atoms. The molecule has 0 aliphatic carbocycles. The van der Waals surface area contributed by atoms with Crippen LogP contribution in [0.2, 0.25) is 0 Å². The number of hydrogen-bond acceptors (Lipinski definition) is 3. The lowest BCUT2D eigenvalue weighted by Gasteiger charge is -1.96. The van der Waals surface area contributed by atoms with Crippen molar-refractivity contribution < 1.29 is 4.92 Å². The Hall–Kier alpha value is -1.43. The summed E-state index contributed by atoms with van der Waals surface area (Å²) in [6, 6.07) is 3.20. The molecular formula is C8H6BrN3O2. The first kappa shape index (κ1) is 9.14. The summed E-state index contributed by atoms with van der Waals surface area (Å²) in [5.74, 6) is 0. The molecule has 0 atom stereocenters. The van der Waals surface area contributed by atoms with Gasteiger partial charge in [0.15, 0.2) is 0 Å². The molecule has 1 heterocycles. The number of aromatic nitrogens is 2. The normalized spacial score (nSPS) is 10.7. The standard InChI is InChI=1S/C8H6BrN3O2/c1-4-2-6-5(8(9)11-10-6)3-7(4)12(13)14/h2-3H,1H3,(H,10,11). The zero-order chi connectivity index (χ0) is 10.3. The largest absolute Gasteiger partial charge is 0.273 e. The summed E-state index contributed by atoms with van der Waals surface area (Å²) in [6.07, 6.45) is 0. The van der Waals surface area contributed by atoms with E-state index in [1.807, 2.05) is 0 Å². The quantitative estimate of drug-likeness (QED) is 0.629. The van der Waals surface area contributed by atoms with Gasteiger partial charge in [-0.25, -0.2) is 0 Å². The van der Waals surface area contributed by atoms with Crippen LogP contribution in [-0.2, 0) is 0 Å². The molecule has 0 fully saturated rings. The Kier molecular flexibility index (Phi) is 1.99. The summed E-state index contributed by atoms with van der Waals surface area (Å²) in [5.41, 5.74) is 1.45. The second kappa shape index (κ2) is 3.06. The van der Waals surface area contributed by atoms with Gasteiger partial charge in [0, 0.05) is 17.0 Å². The summed E-state index contributed by atoms with van der Waals surface area (Å²) in [7, 11) is 0. The molecule has 0 unspecified atom stereocenters. The predicted octanol–water partition coefficient (Wildman–Crippen LogP) is 2.54. The van der Waals surface area contributed by atoms with E-state index in [1.54, 1.807) is 13.0 Å². The van der Waals surface area contributed by atoms with Crippen molar-refractivity contribution in [1.29, 1.82) is 0 Å². The van der Waals surface area contributed by atoms with Gasteiger partial charge in [-0.15, -0.1) is 0 Å². The van der Waals surface area contributed by atoms with Gasteiger partial charge < -0.3 is 0 Å². The van der Waals surface area contributed by atoms with Crippen molar-refractivity contribution in [3.8, 4) is 0 Å². The number of benzene rings is 1. The number of H-pyrrole nitrogens is 1. The van der Waals surface area contributed by atoms with Gasteiger partial charge in [-0.1, -0.05) is 0 Å². The van der Waals surface area contributed by atoms with Crippen molar-refractivity contribution >= 4 is 32.5 Å². The fourth-order valence-electron chi connectivity index (χ4n) is 1.32.